The van der Waals surface area contributed by atoms with Crippen molar-refractivity contribution in [1.29, 1.82) is 0 Å². The van der Waals surface area contributed by atoms with Gasteiger partial charge in [0, 0.05) is 5.75 Å². The number of nitrogens with one attached hydrogen (secondary N) is 1. The molecule has 2 aliphatic rings. The molecule has 2 saturated heterocycles. The number of esters is 1. The van der Waals surface area contributed by atoms with Crippen molar-refractivity contribution < 1.29 is 23.9 Å². The number of β-lactam (4-membered cyclic amide) rings is 1. The quantitative estimate of drug-likeness (QED) is 0.256. The maximum absolute atomic E-state index is 13.7. The smallest absolute Gasteiger partial charge is 0.408 e. The van der Waals surface area contributed by atoms with Crippen molar-refractivity contribution in [2.24, 2.45) is 0 Å². The number of alkyl halides is 1. The maximum atomic E-state index is 13.7. The van der Waals surface area contributed by atoms with Crippen LogP contribution >= 0.6 is 23.4 Å². The first-order valence-corrected chi connectivity index (χ1v) is 13.7. The summed E-state index contributed by atoms with van der Waals surface area (Å²) in [5.74, 6) is -0.603. The second kappa shape index (κ2) is 11.1. The molecule has 3 aromatic rings. The zero-order chi connectivity index (χ0) is 26.7. The third-order valence-electron chi connectivity index (χ3n) is 6.61. The summed E-state index contributed by atoms with van der Waals surface area (Å²) < 4.78 is 11.3. The number of rotatable bonds is 7. The van der Waals surface area contributed by atoms with Crippen molar-refractivity contribution in [2.75, 3.05) is 5.75 Å². The van der Waals surface area contributed by atoms with Crippen LogP contribution in [-0.2, 0) is 25.7 Å². The standard InChI is InChI=1S/C29H27ClN2O5S/c1-29(30)18-38-26-22(31-28(35)36-17-19-11-5-2-6-12-19)25(33)32(26)24(29)27(34)37-23(20-13-7-3-8-14-20)21-15-9-4-10-16-21/h2-16,22-24,26H,17-18H2,1H3,(H,31,35)/t22-,24+,26-,29-/m1/s1. The van der Waals surface area contributed by atoms with Gasteiger partial charge in [0.15, 0.2) is 12.1 Å². The molecule has 9 heteroatoms. The van der Waals surface area contributed by atoms with E-state index in [4.69, 9.17) is 21.1 Å². The number of carbonyl (C=O) groups is 3. The molecule has 38 heavy (non-hydrogen) atoms. The van der Waals surface area contributed by atoms with Crippen molar-refractivity contribution >= 4 is 41.3 Å². The fraction of sp³-hybridized carbons (Fsp3) is 0.276. The number of alkyl carbamates (subject to hydrolysis) is 1. The van der Waals surface area contributed by atoms with Crippen LogP contribution in [0.3, 0.4) is 0 Å². The van der Waals surface area contributed by atoms with Crippen LogP contribution in [0.5, 0.6) is 0 Å². The number of amides is 2. The van der Waals surface area contributed by atoms with E-state index in [0.29, 0.717) is 5.75 Å². The summed E-state index contributed by atoms with van der Waals surface area (Å²) in [4.78, 5) is 39.7. The van der Waals surface area contributed by atoms with Gasteiger partial charge in [-0.05, 0) is 23.6 Å². The van der Waals surface area contributed by atoms with Gasteiger partial charge in [-0.25, -0.2) is 9.59 Å². The third-order valence-corrected chi connectivity index (χ3v) is 8.72. The summed E-state index contributed by atoms with van der Waals surface area (Å²) in [6.45, 7) is 1.82. The van der Waals surface area contributed by atoms with Crippen LogP contribution in [0.2, 0.25) is 0 Å². The fourth-order valence-electron chi connectivity index (χ4n) is 4.70. The Morgan fingerprint density at radius 1 is 1.00 bits per heavy atom. The van der Waals surface area contributed by atoms with E-state index in [0.717, 1.165) is 16.7 Å². The molecule has 196 valence electrons. The molecule has 0 spiro atoms. The summed E-state index contributed by atoms with van der Waals surface area (Å²) in [5.41, 5.74) is 2.45. The van der Waals surface area contributed by atoms with E-state index in [2.05, 4.69) is 5.32 Å². The van der Waals surface area contributed by atoms with Crippen LogP contribution in [0.25, 0.3) is 0 Å². The summed E-state index contributed by atoms with van der Waals surface area (Å²) >= 11 is 8.23. The van der Waals surface area contributed by atoms with Crippen molar-refractivity contribution in [3.05, 3.63) is 108 Å². The van der Waals surface area contributed by atoms with Gasteiger partial charge in [-0.2, -0.15) is 0 Å². The molecule has 0 saturated carbocycles. The van der Waals surface area contributed by atoms with E-state index in [1.165, 1.54) is 16.7 Å². The Bertz CT molecular complexity index is 1250. The normalized spacial score (nSPS) is 24.2. The number of halogens is 1. The molecule has 2 amide bonds. The van der Waals surface area contributed by atoms with Crippen LogP contribution in [0.4, 0.5) is 4.79 Å². The molecule has 4 atom stereocenters. The van der Waals surface area contributed by atoms with Gasteiger partial charge in [-0.1, -0.05) is 91.0 Å². The summed E-state index contributed by atoms with van der Waals surface area (Å²) in [6.07, 6.45) is -1.36. The van der Waals surface area contributed by atoms with Gasteiger partial charge in [0.25, 0.3) is 0 Å². The molecule has 2 aliphatic heterocycles. The molecule has 0 aromatic heterocycles. The van der Waals surface area contributed by atoms with Gasteiger partial charge >= 0.3 is 12.1 Å². The van der Waals surface area contributed by atoms with Gasteiger partial charge < -0.3 is 19.7 Å². The molecule has 3 aromatic carbocycles. The SMILES string of the molecule is C[C@@]1(Cl)CS[C@@H]2[C@H](NC(=O)OCc3ccccc3)C(=O)N2[C@H]1C(=O)OC(c1ccccc1)c1ccccc1. The molecular weight excluding hydrogens is 524 g/mol. The van der Waals surface area contributed by atoms with Crippen LogP contribution in [0, 0.1) is 0 Å². The Morgan fingerprint density at radius 3 is 2.13 bits per heavy atom. The van der Waals surface area contributed by atoms with E-state index in [1.54, 1.807) is 6.92 Å². The zero-order valence-corrected chi connectivity index (χ0v) is 22.2. The van der Waals surface area contributed by atoms with E-state index < -0.39 is 46.4 Å². The highest BCUT2D eigenvalue weighted by Crippen LogP contribution is 2.46. The predicted molar refractivity (Wildman–Crippen MR) is 146 cm³/mol. The van der Waals surface area contributed by atoms with Gasteiger partial charge in [0.2, 0.25) is 5.91 Å². The van der Waals surface area contributed by atoms with Gasteiger partial charge in [0.05, 0.1) is 4.87 Å². The number of nitrogens with zero attached hydrogens (tertiary/aromatic N) is 1. The average Bonchev–Trinajstić information content (AvgIpc) is 2.94. The lowest BCUT2D eigenvalue weighted by Gasteiger charge is -2.56. The minimum absolute atomic E-state index is 0.0875. The molecule has 5 rings (SSSR count). The van der Waals surface area contributed by atoms with Crippen LogP contribution in [0.15, 0.2) is 91.0 Å². The molecular formula is C29H27ClN2O5S. The van der Waals surface area contributed by atoms with Crippen LogP contribution < -0.4 is 5.32 Å². The van der Waals surface area contributed by atoms with Gasteiger partial charge in [0.1, 0.15) is 18.0 Å². The Hall–Kier alpha value is -3.49. The lowest BCUT2D eigenvalue weighted by molar-refractivity contribution is -0.168. The molecule has 0 aliphatic carbocycles. The fourth-order valence-corrected chi connectivity index (χ4v) is 6.50. The second-order valence-electron chi connectivity index (χ2n) is 9.45. The highest BCUT2D eigenvalue weighted by atomic mass is 35.5. The minimum atomic E-state index is -1.05. The number of carbonyl (C=O) groups excluding carboxylic acids is 3. The minimum Gasteiger partial charge on any atom is -0.451 e. The number of ether oxygens (including phenoxy) is 2. The molecule has 2 fully saturated rings. The number of fused-ring (bicyclic) bond motifs is 1. The molecule has 7 nitrogen and oxygen atoms in total. The second-order valence-corrected chi connectivity index (χ2v) is 11.4. The Kier molecular flexibility index (Phi) is 7.63. The van der Waals surface area contributed by atoms with E-state index in [9.17, 15) is 14.4 Å². The predicted octanol–water partition coefficient (Wildman–Crippen LogP) is 4.90. The Labute approximate surface area is 230 Å². The van der Waals surface area contributed by atoms with Gasteiger partial charge in [-0.15, -0.1) is 23.4 Å². The van der Waals surface area contributed by atoms with Crippen molar-refractivity contribution in [3.63, 3.8) is 0 Å². The van der Waals surface area contributed by atoms with Gasteiger partial charge in [-0.3, -0.25) is 4.79 Å². The Balaban J connectivity index is 1.30. The summed E-state index contributed by atoms with van der Waals surface area (Å²) in [5, 5.41) is 2.19. The number of hydrogen-bond acceptors (Lipinski definition) is 6. The van der Waals surface area contributed by atoms with Crippen LogP contribution in [-0.4, -0.2) is 51.0 Å². The maximum Gasteiger partial charge on any atom is 0.408 e. The van der Waals surface area contributed by atoms with E-state index >= 15 is 0 Å². The lowest BCUT2D eigenvalue weighted by atomic mass is 9.93. The monoisotopic (exact) mass is 550 g/mol. The number of benzene rings is 3. The molecule has 0 bridgehead atoms. The van der Waals surface area contributed by atoms with Crippen LogP contribution in [0.1, 0.15) is 29.7 Å². The largest absolute Gasteiger partial charge is 0.451 e. The topological polar surface area (TPSA) is 84.9 Å². The average molecular weight is 551 g/mol. The molecule has 1 N–H and O–H groups in total. The van der Waals surface area contributed by atoms with E-state index in [-0.39, 0.29) is 6.61 Å². The number of hydrogen-bond donors (Lipinski definition) is 1. The highest BCUT2D eigenvalue weighted by molar-refractivity contribution is 8.00. The molecule has 0 unspecified atom stereocenters. The first-order chi connectivity index (χ1) is 18.3. The zero-order valence-electron chi connectivity index (χ0n) is 20.7. The lowest BCUT2D eigenvalue weighted by Crippen LogP contribution is -2.78. The first kappa shape index (κ1) is 26.1. The van der Waals surface area contributed by atoms with E-state index in [1.807, 2.05) is 91.0 Å². The third kappa shape index (κ3) is 5.37. The highest BCUT2D eigenvalue weighted by Gasteiger charge is 2.61. The van der Waals surface area contributed by atoms with Crippen molar-refractivity contribution in [3.8, 4) is 0 Å². The van der Waals surface area contributed by atoms with Crippen molar-refractivity contribution in [2.45, 2.75) is 42.0 Å². The summed E-state index contributed by atoms with van der Waals surface area (Å²) in [7, 11) is 0. The molecule has 2 heterocycles. The van der Waals surface area contributed by atoms with Crippen molar-refractivity contribution in [1.82, 2.24) is 10.2 Å². The summed E-state index contributed by atoms with van der Waals surface area (Å²) in [6, 6.07) is 26.3. The first-order valence-electron chi connectivity index (χ1n) is 12.3. The number of thioether (sulfide) groups is 1. The molecule has 0 radical (unpaired) electrons. The Morgan fingerprint density at radius 2 is 1.55 bits per heavy atom.